The lowest BCUT2D eigenvalue weighted by Gasteiger charge is -2.08. The minimum absolute atomic E-state index is 0.275. The van der Waals surface area contributed by atoms with E-state index in [0.717, 1.165) is 31.7 Å². The Kier molecular flexibility index (Phi) is 4.25. The second kappa shape index (κ2) is 5.92. The van der Waals surface area contributed by atoms with Gasteiger partial charge in [-0.05, 0) is 36.9 Å². The SMILES string of the molecule is Fc1cncc(CNCCC2CCOC2)c1. The minimum atomic E-state index is -0.275. The molecule has 0 radical (unpaired) electrons. The molecule has 0 saturated carbocycles. The fraction of sp³-hybridized carbons (Fsp3) is 0.583. The van der Waals surface area contributed by atoms with Gasteiger partial charge in [-0.25, -0.2) is 4.39 Å². The van der Waals surface area contributed by atoms with Crippen LogP contribution in [0.2, 0.25) is 0 Å². The van der Waals surface area contributed by atoms with Gasteiger partial charge in [0.15, 0.2) is 0 Å². The van der Waals surface area contributed by atoms with E-state index in [9.17, 15) is 4.39 Å². The van der Waals surface area contributed by atoms with Gasteiger partial charge in [0.05, 0.1) is 6.20 Å². The highest BCUT2D eigenvalue weighted by Crippen LogP contribution is 2.15. The molecule has 1 unspecified atom stereocenters. The molecule has 1 N–H and O–H groups in total. The molecule has 1 aliphatic rings. The Labute approximate surface area is 95.0 Å². The van der Waals surface area contributed by atoms with Crippen molar-refractivity contribution in [1.29, 1.82) is 0 Å². The summed E-state index contributed by atoms with van der Waals surface area (Å²) in [5.41, 5.74) is 0.891. The summed E-state index contributed by atoms with van der Waals surface area (Å²) in [5, 5.41) is 3.29. The predicted molar refractivity (Wildman–Crippen MR) is 59.4 cm³/mol. The van der Waals surface area contributed by atoms with E-state index < -0.39 is 0 Å². The molecule has 1 aliphatic heterocycles. The summed E-state index contributed by atoms with van der Waals surface area (Å²) in [6, 6.07) is 1.51. The van der Waals surface area contributed by atoms with Gasteiger partial charge in [-0.2, -0.15) is 0 Å². The first-order valence-corrected chi connectivity index (χ1v) is 5.72. The molecule has 0 amide bonds. The lowest BCUT2D eigenvalue weighted by Crippen LogP contribution is -2.18. The van der Waals surface area contributed by atoms with Crippen molar-refractivity contribution in [3.05, 3.63) is 29.8 Å². The van der Waals surface area contributed by atoms with Crippen LogP contribution in [-0.4, -0.2) is 24.7 Å². The van der Waals surface area contributed by atoms with Crippen LogP contribution in [0.25, 0.3) is 0 Å². The lowest BCUT2D eigenvalue weighted by molar-refractivity contribution is 0.184. The first-order chi connectivity index (χ1) is 7.84. The number of hydrogen-bond acceptors (Lipinski definition) is 3. The molecule has 0 spiro atoms. The van der Waals surface area contributed by atoms with Gasteiger partial charge in [-0.3, -0.25) is 4.98 Å². The number of rotatable bonds is 5. The molecule has 88 valence electrons. The van der Waals surface area contributed by atoms with Crippen molar-refractivity contribution >= 4 is 0 Å². The van der Waals surface area contributed by atoms with Crippen LogP contribution in [0, 0.1) is 11.7 Å². The molecule has 1 atom stereocenters. The summed E-state index contributed by atoms with van der Waals surface area (Å²) in [7, 11) is 0. The van der Waals surface area contributed by atoms with Gasteiger partial charge in [0, 0.05) is 26.0 Å². The second-order valence-electron chi connectivity index (χ2n) is 4.21. The quantitative estimate of drug-likeness (QED) is 0.773. The highest BCUT2D eigenvalue weighted by Gasteiger charge is 2.14. The number of halogens is 1. The average Bonchev–Trinajstić information content (AvgIpc) is 2.77. The van der Waals surface area contributed by atoms with Crippen molar-refractivity contribution in [3.63, 3.8) is 0 Å². The third-order valence-corrected chi connectivity index (χ3v) is 2.84. The molecule has 1 aromatic heterocycles. The minimum Gasteiger partial charge on any atom is -0.381 e. The van der Waals surface area contributed by atoms with E-state index in [1.807, 2.05) is 0 Å². The van der Waals surface area contributed by atoms with E-state index in [-0.39, 0.29) is 5.82 Å². The molecule has 2 rings (SSSR count). The summed E-state index contributed by atoms with van der Waals surface area (Å²) in [6.45, 7) is 3.42. The zero-order valence-electron chi connectivity index (χ0n) is 9.29. The maximum absolute atomic E-state index is 12.8. The highest BCUT2D eigenvalue weighted by molar-refractivity contribution is 5.09. The summed E-state index contributed by atoms with van der Waals surface area (Å²) in [4.78, 5) is 3.81. The molecule has 0 aromatic carbocycles. The van der Waals surface area contributed by atoms with E-state index in [0.29, 0.717) is 12.5 Å². The normalized spacial score (nSPS) is 20.2. The van der Waals surface area contributed by atoms with Crippen molar-refractivity contribution in [2.24, 2.45) is 5.92 Å². The Balaban J connectivity index is 1.64. The van der Waals surface area contributed by atoms with Crippen molar-refractivity contribution in [3.8, 4) is 0 Å². The Morgan fingerprint density at radius 1 is 1.50 bits per heavy atom. The van der Waals surface area contributed by atoms with E-state index >= 15 is 0 Å². The molecule has 1 saturated heterocycles. The van der Waals surface area contributed by atoms with Crippen LogP contribution >= 0.6 is 0 Å². The van der Waals surface area contributed by atoms with Crippen molar-refractivity contribution in [2.45, 2.75) is 19.4 Å². The molecule has 2 heterocycles. The third-order valence-electron chi connectivity index (χ3n) is 2.84. The highest BCUT2D eigenvalue weighted by atomic mass is 19.1. The van der Waals surface area contributed by atoms with Crippen LogP contribution < -0.4 is 5.32 Å². The zero-order chi connectivity index (χ0) is 11.2. The monoisotopic (exact) mass is 224 g/mol. The first kappa shape index (κ1) is 11.5. The van der Waals surface area contributed by atoms with E-state index in [4.69, 9.17) is 4.74 Å². The molecule has 4 heteroatoms. The van der Waals surface area contributed by atoms with Gasteiger partial charge in [0.25, 0.3) is 0 Å². The van der Waals surface area contributed by atoms with Crippen molar-refractivity contribution in [1.82, 2.24) is 10.3 Å². The Hall–Kier alpha value is -1.00. The maximum Gasteiger partial charge on any atom is 0.141 e. The molecule has 1 aromatic rings. The number of nitrogens with zero attached hydrogens (tertiary/aromatic N) is 1. The predicted octanol–water partition coefficient (Wildman–Crippen LogP) is 1.74. The van der Waals surface area contributed by atoms with Crippen LogP contribution in [0.1, 0.15) is 18.4 Å². The number of hydrogen-bond donors (Lipinski definition) is 1. The fourth-order valence-electron chi connectivity index (χ4n) is 1.90. The number of aromatic nitrogens is 1. The standard InChI is InChI=1S/C12H17FN2O/c13-12-5-11(7-15-8-12)6-14-3-1-10-2-4-16-9-10/h5,7-8,10,14H,1-4,6,9H2. The van der Waals surface area contributed by atoms with Crippen LogP contribution in [0.4, 0.5) is 4.39 Å². The van der Waals surface area contributed by atoms with Gasteiger partial charge in [-0.15, -0.1) is 0 Å². The van der Waals surface area contributed by atoms with Gasteiger partial charge in [0.2, 0.25) is 0 Å². The van der Waals surface area contributed by atoms with Crippen LogP contribution in [0.3, 0.4) is 0 Å². The summed E-state index contributed by atoms with van der Waals surface area (Å²) >= 11 is 0. The Morgan fingerprint density at radius 2 is 2.44 bits per heavy atom. The fourth-order valence-corrected chi connectivity index (χ4v) is 1.90. The van der Waals surface area contributed by atoms with Crippen LogP contribution in [0.15, 0.2) is 18.5 Å². The Morgan fingerprint density at radius 3 is 3.19 bits per heavy atom. The second-order valence-corrected chi connectivity index (χ2v) is 4.21. The van der Waals surface area contributed by atoms with Gasteiger partial charge in [0.1, 0.15) is 5.82 Å². The van der Waals surface area contributed by atoms with E-state index in [1.54, 1.807) is 6.20 Å². The van der Waals surface area contributed by atoms with Crippen LogP contribution in [-0.2, 0) is 11.3 Å². The molecule has 0 bridgehead atoms. The third kappa shape index (κ3) is 3.54. The first-order valence-electron chi connectivity index (χ1n) is 5.72. The van der Waals surface area contributed by atoms with Crippen molar-refractivity contribution < 1.29 is 9.13 Å². The lowest BCUT2D eigenvalue weighted by atomic mass is 10.1. The van der Waals surface area contributed by atoms with Gasteiger partial charge >= 0.3 is 0 Å². The van der Waals surface area contributed by atoms with Crippen molar-refractivity contribution in [2.75, 3.05) is 19.8 Å². The number of pyridine rings is 1. The smallest absolute Gasteiger partial charge is 0.141 e. The molecule has 3 nitrogen and oxygen atoms in total. The average molecular weight is 224 g/mol. The zero-order valence-corrected chi connectivity index (χ0v) is 9.29. The maximum atomic E-state index is 12.8. The molecular weight excluding hydrogens is 207 g/mol. The molecule has 0 aliphatic carbocycles. The van der Waals surface area contributed by atoms with Crippen LogP contribution in [0.5, 0.6) is 0 Å². The Bertz CT molecular complexity index is 327. The largest absolute Gasteiger partial charge is 0.381 e. The number of nitrogens with one attached hydrogen (secondary N) is 1. The summed E-state index contributed by atoms with van der Waals surface area (Å²) in [6.07, 6.45) is 5.21. The summed E-state index contributed by atoms with van der Waals surface area (Å²) in [5.74, 6) is 0.418. The molecule has 1 fully saturated rings. The molecule has 16 heavy (non-hydrogen) atoms. The van der Waals surface area contributed by atoms with Gasteiger partial charge in [-0.1, -0.05) is 0 Å². The topological polar surface area (TPSA) is 34.2 Å². The molecular formula is C12H17FN2O. The number of ether oxygens (including phenoxy) is 1. The van der Waals surface area contributed by atoms with Gasteiger partial charge < -0.3 is 10.1 Å². The van der Waals surface area contributed by atoms with E-state index in [2.05, 4.69) is 10.3 Å². The van der Waals surface area contributed by atoms with E-state index in [1.165, 1.54) is 18.7 Å². The summed E-state index contributed by atoms with van der Waals surface area (Å²) < 4.78 is 18.1.